The van der Waals surface area contributed by atoms with Crippen LogP contribution in [0.25, 0.3) is 0 Å². The van der Waals surface area contributed by atoms with Crippen LogP contribution in [0.3, 0.4) is 0 Å². The summed E-state index contributed by atoms with van der Waals surface area (Å²) in [7, 11) is 1.77. The lowest BCUT2D eigenvalue weighted by Crippen LogP contribution is -2.48. The summed E-state index contributed by atoms with van der Waals surface area (Å²) >= 11 is 0. The van der Waals surface area contributed by atoms with Crippen molar-refractivity contribution in [3.63, 3.8) is 0 Å². The van der Waals surface area contributed by atoms with E-state index in [2.05, 4.69) is 57.3 Å². The number of pyridine rings is 1. The van der Waals surface area contributed by atoms with Crippen molar-refractivity contribution in [3.8, 4) is 0 Å². The minimum atomic E-state index is 0.275. The Morgan fingerprint density at radius 2 is 1.94 bits per heavy atom. The van der Waals surface area contributed by atoms with Crippen molar-refractivity contribution < 1.29 is 9.53 Å². The molecule has 1 saturated heterocycles. The van der Waals surface area contributed by atoms with Gasteiger partial charge in [-0.3, -0.25) is 14.7 Å². The summed E-state index contributed by atoms with van der Waals surface area (Å²) < 4.78 is 5.49. The Bertz CT molecular complexity index is 892. The first-order valence-corrected chi connectivity index (χ1v) is 12.4. The zero-order valence-electron chi connectivity index (χ0n) is 19.9. The third-order valence-corrected chi connectivity index (χ3v) is 7.13. The van der Waals surface area contributed by atoms with Crippen LogP contribution < -0.4 is 0 Å². The van der Waals surface area contributed by atoms with E-state index in [0.29, 0.717) is 18.6 Å². The van der Waals surface area contributed by atoms with E-state index in [1.165, 1.54) is 11.1 Å². The van der Waals surface area contributed by atoms with Crippen LogP contribution >= 0.6 is 0 Å². The molecule has 2 aromatic rings. The van der Waals surface area contributed by atoms with Crippen LogP contribution in [0.1, 0.15) is 43.2 Å². The highest BCUT2D eigenvalue weighted by molar-refractivity contribution is 5.93. The van der Waals surface area contributed by atoms with Crippen LogP contribution in [0.15, 0.2) is 66.5 Å². The van der Waals surface area contributed by atoms with Gasteiger partial charge in [0.1, 0.15) is 0 Å². The number of benzene rings is 1. The molecule has 0 saturated carbocycles. The minimum absolute atomic E-state index is 0.275. The van der Waals surface area contributed by atoms with Crippen LogP contribution in [0.4, 0.5) is 0 Å². The quantitative estimate of drug-likeness (QED) is 0.538. The molecule has 1 aromatic heterocycles. The van der Waals surface area contributed by atoms with E-state index in [0.717, 1.165) is 70.3 Å². The van der Waals surface area contributed by atoms with E-state index in [1.54, 1.807) is 7.11 Å². The third kappa shape index (κ3) is 6.52. The summed E-state index contributed by atoms with van der Waals surface area (Å²) in [6.45, 7) is 4.17. The Hall–Kier alpha value is -2.50. The molecule has 2 heterocycles. The average Bonchev–Trinajstić information content (AvgIpc) is 3.41. The molecule has 0 spiro atoms. The SMILES string of the molecule is COCCN(Cc1cccnc1)C(Cc1ccccc1)C1CCN(C(=O)C2=CCCC2)CC1. The number of methoxy groups -OCH3 is 1. The number of aromatic nitrogens is 1. The van der Waals surface area contributed by atoms with Crippen molar-refractivity contribution in [2.45, 2.75) is 51.1 Å². The average molecular weight is 448 g/mol. The highest BCUT2D eigenvalue weighted by atomic mass is 16.5. The lowest BCUT2D eigenvalue weighted by molar-refractivity contribution is -0.129. The molecule has 176 valence electrons. The fourth-order valence-corrected chi connectivity index (χ4v) is 5.30. The zero-order chi connectivity index (χ0) is 22.9. The smallest absolute Gasteiger partial charge is 0.249 e. The molecule has 1 aliphatic carbocycles. The molecule has 1 aliphatic heterocycles. The van der Waals surface area contributed by atoms with Gasteiger partial charge < -0.3 is 9.64 Å². The first-order chi connectivity index (χ1) is 16.2. The van der Waals surface area contributed by atoms with Crippen LogP contribution in [-0.2, 0) is 22.5 Å². The molecule has 4 rings (SSSR count). The van der Waals surface area contributed by atoms with Gasteiger partial charge in [0.25, 0.3) is 0 Å². The number of amides is 1. The Morgan fingerprint density at radius 3 is 2.61 bits per heavy atom. The van der Waals surface area contributed by atoms with Crippen LogP contribution in [0.5, 0.6) is 0 Å². The fraction of sp³-hybridized carbons (Fsp3) is 0.500. The summed E-state index contributed by atoms with van der Waals surface area (Å²) in [6, 6.07) is 15.4. The van der Waals surface area contributed by atoms with E-state index in [1.807, 2.05) is 18.5 Å². The monoisotopic (exact) mass is 447 g/mol. The lowest BCUT2D eigenvalue weighted by Gasteiger charge is -2.41. The van der Waals surface area contributed by atoms with E-state index in [4.69, 9.17) is 4.74 Å². The fourth-order valence-electron chi connectivity index (χ4n) is 5.30. The maximum absolute atomic E-state index is 12.9. The molecule has 0 bridgehead atoms. The van der Waals surface area contributed by atoms with Gasteiger partial charge in [0.15, 0.2) is 0 Å². The Morgan fingerprint density at radius 1 is 1.15 bits per heavy atom. The normalized spacial score (nSPS) is 17.9. The highest BCUT2D eigenvalue weighted by Crippen LogP contribution is 2.30. The van der Waals surface area contributed by atoms with Gasteiger partial charge in [-0.2, -0.15) is 0 Å². The van der Waals surface area contributed by atoms with Crippen molar-refractivity contribution in [1.29, 1.82) is 0 Å². The first kappa shape index (κ1) is 23.7. The third-order valence-electron chi connectivity index (χ3n) is 7.13. The molecule has 5 nitrogen and oxygen atoms in total. The second-order valence-electron chi connectivity index (χ2n) is 9.33. The summed E-state index contributed by atoms with van der Waals surface area (Å²) in [5, 5.41) is 0. The molecule has 1 atom stereocenters. The molecule has 1 fully saturated rings. The number of likely N-dealkylation sites (tertiary alicyclic amines) is 1. The molecule has 5 heteroatoms. The zero-order valence-corrected chi connectivity index (χ0v) is 19.9. The van der Waals surface area contributed by atoms with Crippen molar-refractivity contribution in [1.82, 2.24) is 14.8 Å². The van der Waals surface area contributed by atoms with E-state index in [9.17, 15) is 4.79 Å². The number of ether oxygens (including phenoxy) is 1. The second-order valence-corrected chi connectivity index (χ2v) is 9.33. The largest absolute Gasteiger partial charge is 0.383 e. The molecule has 1 amide bonds. The number of nitrogens with zero attached hydrogens (tertiary/aromatic N) is 3. The lowest BCUT2D eigenvalue weighted by atomic mass is 9.84. The Balaban J connectivity index is 1.50. The maximum Gasteiger partial charge on any atom is 0.249 e. The summed E-state index contributed by atoms with van der Waals surface area (Å²) in [5.41, 5.74) is 3.63. The van der Waals surface area contributed by atoms with Gasteiger partial charge in [-0.05, 0) is 61.6 Å². The number of carbonyl (C=O) groups excluding carboxylic acids is 1. The molecular weight excluding hydrogens is 410 g/mol. The van der Waals surface area contributed by atoms with Gasteiger partial charge in [0.05, 0.1) is 6.61 Å². The van der Waals surface area contributed by atoms with Crippen LogP contribution in [0, 0.1) is 5.92 Å². The Kier molecular flexibility index (Phi) is 8.67. The molecular formula is C28H37N3O2. The van der Waals surface area contributed by atoms with E-state index in [-0.39, 0.29) is 5.91 Å². The van der Waals surface area contributed by atoms with Gasteiger partial charge in [0, 0.05) is 57.3 Å². The molecule has 2 aliphatic rings. The van der Waals surface area contributed by atoms with Crippen LogP contribution in [0.2, 0.25) is 0 Å². The topological polar surface area (TPSA) is 45.7 Å². The molecule has 1 unspecified atom stereocenters. The van der Waals surface area contributed by atoms with Crippen molar-refractivity contribution >= 4 is 5.91 Å². The number of piperidine rings is 1. The van der Waals surface area contributed by atoms with Gasteiger partial charge in [0.2, 0.25) is 5.91 Å². The van der Waals surface area contributed by atoms with Gasteiger partial charge >= 0.3 is 0 Å². The maximum atomic E-state index is 12.9. The predicted octanol–water partition coefficient (Wildman–Crippen LogP) is 4.49. The number of rotatable bonds is 10. The number of hydrogen-bond acceptors (Lipinski definition) is 4. The van der Waals surface area contributed by atoms with E-state index >= 15 is 0 Å². The molecule has 0 radical (unpaired) electrons. The minimum Gasteiger partial charge on any atom is -0.383 e. The summed E-state index contributed by atoms with van der Waals surface area (Å²) in [6.07, 6.45) is 12.2. The standard InChI is InChI=1S/C28H37N3O2/c1-33-19-18-31(22-24-10-7-15-29-21-24)27(20-23-8-3-2-4-9-23)25-13-16-30(17-14-25)28(32)26-11-5-6-12-26/h2-4,7-11,15,21,25,27H,5-6,12-14,16-20,22H2,1H3. The number of hydrogen-bond donors (Lipinski definition) is 0. The van der Waals surface area contributed by atoms with Gasteiger partial charge in [-0.15, -0.1) is 0 Å². The van der Waals surface area contributed by atoms with Gasteiger partial charge in [-0.1, -0.05) is 42.5 Å². The van der Waals surface area contributed by atoms with Gasteiger partial charge in [-0.25, -0.2) is 0 Å². The summed E-state index contributed by atoms with van der Waals surface area (Å²) in [5.74, 6) is 0.817. The summed E-state index contributed by atoms with van der Waals surface area (Å²) in [4.78, 5) is 21.9. The Labute approximate surface area is 198 Å². The van der Waals surface area contributed by atoms with Crippen molar-refractivity contribution in [2.75, 3.05) is 33.4 Å². The first-order valence-electron chi connectivity index (χ1n) is 12.4. The second kappa shape index (κ2) is 12.1. The number of allylic oxidation sites excluding steroid dienone is 1. The molecule has 0 N–H and O–H groups in total. The van der Waals surface area contributed by atoms with Crippen LogP contribution in [-0.4, -0.2) is 60.1 Å². The highest BCUT2D eigenvalue weighted by Gasteiger charge is 2.33. The molecule has 33 heavy (non-hydrogen) atoms. The van der Waals surface area contributed by atoms with E-state index < -0.39 is 0 Å². The van der Waals surface area contributed by atoms with Crippen molar-refractivity contribution in [3.05, 3.63) is 77.6 Å². The number of carbonyl (C=O) groups is 1. The molecule has 1 aromatic carbocycles. The van der Waals surface area contributed by atoms with Crippen molar-refractivity contribution in [2.24, 2.45) is 5.92 Å². The predicted molar refractivity (Wildman–Crippen MR) is 132 cm³/mol.